The van der Waals surface area contributed by atoms with Crippen molar-refractivity contribution in [1.82, 2.24) is 10.2 Å². The molecule has 4 heteroatoms. The fourth-order valence-electron chi connectivity index (χ4n) is 2.27. The lowest BCUT2D eigenvalue weighted by Gasteiger charge is -2.16. The maximum atomic E-state index is 11.6. The average molecular weight is 241 g/mol. The van der Waals surface area contributed by atoms with Gasteiger partial charge in [-0.2, -0.15) is 0 Å². The summed E-state index contributed by atoms with van der Waals surface area (Å²) >= 11 is 0. The third kappa shape index (κ3) is 6.03. The van der Waals surface area contributed by atoms with Crippen LogP contribution in [0.25, 0.3) is 0 Å². The molecule has 1 amide bonds. The van der Waals surface area contributed by atoms with E-state index in [1.807, 2.05) is 0 Å². The van der Waals surface area contributed by atoms with Crippen LogP contribution in [-0.4, -0.2) is 43.0 Å². The Kier molecular flexibility index (Phi) is 6.52. The summed E-state index contributed by atoms with van der Waals surface area (Å²) in [6, 6.07) is -0.346. The monoisotopic (exact) mass is 241 g/mol. The largest absolute Gasteiger partial charge is 0.355 e. The number of carbonyl (C=O) groups is 1. The van der Waals surface area contributed by atoms with Gasteiger partial charge >= 0.3 is 0 Å². The minimum atomic E-state index is -0.346. The van der Waals surface area contributed by atoms with Gasteiger partial charge in [-0.05, 0) is 51.2 Å². The molecule has 4 nitrogen and oxygen atoms in total. The molecule has 0 aliphatic carbocycles. The summed E-state index contributed by atoms with van der Waals surface area (Å²) in [6.45, 7) is 8.46. The zero-order chi connectivity index (χ0) is 12.7. The van der Waals surface area contributed by atoms with Crippen LogP contribution in [0, 0.1) is 5.92 Å². The molecule has 100 valence electrons. The summed E-state index contributed by atoms with van der Waals surface area (Å²) in [4.78, 5) is 14.1. The summed E-state index contributed by atoms with van der Waals surface area (Å²) < 4.78 is 0. The van der Waals surface area contributed by atoms with E-state index in [4.69, 9.17) is 5.73 Å². The van der Waals surface area contributed by atoms with Crippen LogP contribution in [0.15, 0.2) is 0 Å². The summed E-state index contributed by atoms with van der Waals surface area (Å²) in [6.07, 6.45) is 4.44. The fraction of sp³-hybridized carbons (Fsp3) is 0.923. The topological polar surface area (TPSA) is 58.4 Å². The first kappa shape index (κ1) is 14.5. The number of likely N-dealkylation sites (tertiary alicyclic amines) is 1. The smallest absolute Gasteiger partial charge is 0.236 e. The van der Waals surface area contributed by atoms with Gasteiger partial charge in [-0.15, -0.1) is 0 Å². The van der Waals surface area contributed by atoms with Gasteiger partial charge in [0.15, 0.2) is 0 Å². The van der Waals surface area contributed by atoms with Gasteiger partial charge in [0.25, 0.3) is 0 Å². The van der Waals surface area contributed by atoms with Gasteiger partial charge < -0.3 is 16.0 Å². The number of hydrogen-bond acceptors (Lipinski definition) is 3. The molecular formula is C13H27N3O. The molecular weight excluding hydrogens is 214 g/mol. The van der Waals surface area contributed by atoms with E-state index in [0.717, 1.165) is 25.9 Å². The maximum absolute atomic E-state index is 11.6. The third-order valence-corrected chi connectivity index (χ3v) is 3.21. The van der Waals surface area contributed by atoms with Crippen LogP contribution in [0.3, 0.4) is 0 Å². The SMILES string of the molecule is CC(C)C[C@H](N)C(=O)NCCCN1CCCC1. The van der Waals surface area contributed by atoms with E-state index in [1.54, 1.807) is 0 Å². The van der Waals surface area contributed by atoms with Gasteiger partial charge in [0.05, 0.1) is 6.04 Å². The predicted molar refractivity (Wildman–Crippen MR) is 70.7 cm³/mol. The van der Waals surface area contributed by atoms with Gasteiger partial charge in [0.1, 0.15) is 0 Å². The van der Waals surface area contributed by atoms with Crippen LogP contribution < -0.4 is 11.1 Å². The molecule has 0 aromatic carbocycles. The lowest BCUT2D eigenvalue weighted by atomic mass is 10.0. The Morgan fingerprint density at radius 2 is 2.00 bits per heavy atom. The van der Waals surface area contributed by atoms with Gasteiger partial charge in [0.2, 0.25) is 5.91 Å². The van der Waals surface area contributed by atoms with Gasteiger partial charge in [-0.25, -0.2) is 0 Å². The molecule has 0 bridgehead atoms. The van der Waals surface area contributed by atoms with Gasteiger partial charge in [0, 0.05) is 6.54 Å². The average Bonchev–Trinajstić information content (AvgIpc) is 2.75. The Morgan fingerprint density at radius 1 is 1.35 bits per heavy atom. The highest BCUT2D eigenvalue weighted by Crippen LogP contribution is 2.07. The molecule has 1 fully saturated rings. The second kappa shape index (κ2) is 7.67. The zero-order valence-electron chi connectivity index (χ0n) is 11.2. The van der Waals surface area contributed by atoms with Crippen molar-refractivity contribution in [2.24, 2.45) is 11.7 Å². The zero-order valence-corrected chi connectivity index (χ0v) is 11.2. The molecule has 0 saturated carbocycles. The van der Waals surface area contributed by atoms with Crippen molar-refractivity contribution in [2.45, 2.75) is 45.6 Å². The predicted octanol–water partition coefficient (Wildman–Crippen LogP) is 0.962. The molecule has 3 N–H and O–H groups in total. The van der Waals surface area contributed by atoms with Crippen molar-refractivity contribution in [2.75, 3.05) is 26.2 Å². The van der Waals surface area contributed by atoms with Crippen LogP contribution in [0.1, 0.15) is 39.5 Å². The molecule has 0 unspecified atom stereocenters. The summed E-state index contributed by atoms with van der Waals surface area (Å²) in [5.41, 5.74) is 5.80. The van der Waals surface area contributed by atoms with Crippen LogP contribution in [0.2, 0.25) is 0 Å². The Balaban J connectivity index is 2.02. The summed E-state index contributed by atoms with van der Waals surface area (Å²) in [5, 5.41) is 2.92. The number of nitrogens with zero attached hydrogens (tertiary/aromatic N) is 1. The molecule has 1 rings (SSSR count). The molecule has 0 aromatic rings. The van der Waals surface area contributed by atoms with Crippen LogP contribution in [-0.2, 0) is 4.79 Å². The fourth-order valence-corrected chi connectivity index (χ4v) is 2.27. The molecule has 17 heavy (non-hydrogen) atoms. The quantitative estimate of drug-likeness (QED) is 0.653. The summed E-state index contributed by atoms with van der Waals surface area (Å²) in [5.74, 6) is 0.473. The molecule has 1 aliphatic heterocycles. The van der Waals surface area contributed by atoms with Crippen molar-refractivity contribution >= 4 is 5.91 Å². The molecule has 1 aliphatic rings. The number of hydrogen-bond donors (Lipinski definition) is 2. The van der Waals surface area contributed by atoms with Gasteiger partial charge in [-0.1, -0.05) is 13.8 Å². The van der Waals surface area contributed by atoms with E-state index in [9.17, 15) is 4.79 Å². The Morgan fingerprint density at radius 3 is 2.59 bits per heavy atom. The highest BCUT2D eigenvalue weighted by molar-refractivity contribution is 5.81. The highest BCUT2D eigenvalue weighted by Gasteiger charge is 2.14. The number of rotatable bonds is 7. The van der Waals surface area contributed by atoms with Gasteiger partial charge in [-0.3, -0.25) is 4.79 Å². The van der Waals surface area contributed by atoms with Crippen LogP contribution in [0.5, 0.6) is 0 Å². The van der Waals surface area contributed by atoms with Crippen LogP contribution in [0.4, 0.5) is 0 Å². The van der Waals surface area contributed by atoms with Crippen molar-refractivity contribution in [3.05, 3.63) is 0 Å². The Bertz CT molecular complexity index is 225. The van der Waals surface area contributed by atoms with Crippen molar-refractivity contribution in [3.63, 3.8) is 0 Å². The Hall–Kier alpha value is -0.610. The van der Waals surface area contributed by atoms with E-state index in [2.05, 4.69) is 24.1 Å². The third-order valence-electron chi connectivity index (χ3n) is 3.21. The molecule has 0 aromatic heterocycles. The lowest BCUT2D eigenvalue weighted by Crippen LogP contribution is -2.42. The maximum Gasteiger partial charge on any atom is 0.236 e. The van der Waals surface area contributed by atoms with E-state index in [-0.39, 0.29) is 11.9 Å². The summed E-state index contributed by atoms with van der Waals surface area (Å²) in [7, 11) is 0. The number of nitrogens with one attached hydrogen (secondary N) is 1. The molecule has 1 heterocycles. The first-order chi connectivity index (χ1) is 8.09. The van der Waals surface area contributed by atoms with E-state index < -0.39 is 0 Å². The molecule has 1 saturated heterocycles. The first-order valence-corrected chi connectivity index (χ1v) is 6.85. The van der Waals surface area contributed by atoms with Crippen molar-refractivity contribution in [1.29, 1.82) is 0 Å². The first-order valence-electron chi connectivity index (χ1n) is 6.85. The van der Waals surface area contributed by atoms with E-state index in [1.165, 1.54) is 25.9 Å². The van der Waals surface area contributed by atoms with E-state index >= 15 is 0 Å². The molecule has 0 radical (unpaired) electrons. The second-order valence-corrected chi connectivity index (χ2v) is 5.43. The minimum absolute atomic E-state index is 0.000113. The van der Waals surface area contributed by atoms with Crippen LogP contribution >= 0.6 is 0 Å². The minimum Gasteiger partial charge on any atom is -0.355 e. The standard InChI is InChI=1S/C13H27N3O/c1-11(2)10-12(14)13(17)15-6-5-9-16-7-3-4-8-16/h11-12H,3-10,14H2,1-2H3,(H,15,17)/t12-/m0/s1. The van der Waals surface area contributed by atoms with E-state index in [0.29, 0.717) is 5.92 Å². The highest BCUT2D eigenvalue weighted by atomic mass is 16.2. The normalized spacial score (nSPS) is 18.6. The Labute approximate surface area is 105 Å². The number of nitrogens with two attached hydrogens (primary N) is 1. The van der Waals surface area contributed by atoms with Crippen molar-refractivity contribution < 1.29 is 4.79 Å². The number of amides is 1. The van der Waals surface area contributed by atoms with Crippen molar-refractivity contribution in [3.8, 4) is 0 Å². The molecule has 0 spiro atoms. The second-order valence-electron chi connectivity index (χ2n) is 5.43. The number of carbonyl (C=O) groups excluding carboxylic acids is 1. The molecule has 1 atom stereocenters. The lowest BCUT2D eigenvalue weighted by molar-refractivity contribution is -0.122.